The summed E-state index contributed by atoms with van der Waals surface area (Å²) in [6.45, 7) is 3.68. The van der Waals surface area contributed by atoms with E-state index in [1.807, 2.05) is 6.92 Å². The molecule has 6 heteroatoms. The minimum Gasteiger partial charge on any atom is -0.330 e. The fourth-order valence-electron chi connectivity index (χ4n) is 1.36. The molecule has 0 heterocycles. The molecular weight excluding hydrogens is 221 g/mol. The fraction of sp³-hybridized carbons (Fsp3) is 0.900. The van der Waals surface area contributed by atoms with Gasteiger partial charge >= 0.3 is 6.18 Å². The minimum absolute atomic E-state index is 0.403. The Balaban J connectivity index is 4.60. The summed E-state index contributed by atoms with van der Waals surface area (Å²) >= 11 is 0. The van der Waals surface area contributed by atoms with Crippen molar-refractivity contribution in [1.82, 2.24) is 4.90 Å². The summed E-state index contributed by atoms with van der Waals surface area (Å²) in [5.74, 6) is -0.630. The van der Waals surface area contributed by atoms with Gasteiger partial charge in [0.25, 0.3) is 0 Å². The van der Waals surface area contributed by atoms with Gasteiger partial charge in [0, 0.05) is 6.04 Å². The monoisotopic (exact) mass is 240 g/mol. The number of alkyl halides is 3. The van der Waals surface area contributed by atoms with Crippen LogP contribution in [0.2, 0.25) is 0 Å². The Hall–Kier alpha value is -0.780. The number of hydrogen-bond donors (Lipinski definition) is 1. The molecule has 96 valence electrons. The molecule has 0 saturated heterocycles. The summed E-state index contributed by atoms with van der Waals surface area (Å²) in [7, 11) is 0. The van der Waals surface area contributed by atoms with Crippen molar-refractivity contribution in [3.63, 3.8) is 0 Å². The van der Waals surface area contributed by atoms with Crippen molar-refractivity contribution in [2.75, 3.05) is 6.54 Å². The van der Waals surface area contributed by atoms with Gasteiger partial charge < -0.3 is 10.6 Å². The lowest BCUT2D eigenvalue weighted by atomic mass is 10.1. The van der Waals surface area contributed by atoms with Crippen LogP contribution in [0.3, 0.4) is 0 Å². The molecule has 0 aromatic heterocycles. The van der Waals surface area contributed by atoms with Gasteiger partial charge in [0.15, 0.2) is 0 Å². The fourth-order valence-corrected chi connectivity index (χ4v) is 1.36. The predicted octanol–water partition coefficient (Wildman–Crippen LogP) is 1.91. The second-order valence-electron chi connectivity index (χ2n) is 4.07. The van der Waals surface area contributed by atoms with Crippen molar-refractivity contribution in [3.05, 3.63) is 0 Å². The van der Waals surface area contributed by atoms with Crippen LogP contribution in [-0.2, 0) is 4.79 Å². The Labute approximate surface area is 93.8 Å². The number of nitrogens with two attached hydrogens (primary N) is 1. The van der Waals surface area contributed by atoms with Crippen LogP contribution < -0.4 is 5.73 Å². The van der Waals surface area contributed by atoms with E-state index in [0.29, 0.717) is 12.8 Å². The Bertz CT molecular complexity index is 229. The molecule has 0 aliphatic rings. The number of hydrogen-bond acceptors (Lipinski definition) is 2. The van der Waals surface area contributed by atoms with Crippen molar-refractivity contribution in [1.29, 1.82) is 0 Å². The third-order valence-corrected chi connectivity index (χ3v) is 2.17. The van der Waals surface area contributed by atoms with Gasteiger partial charge in [-0.3, -0.25) is 4.79 Å². The number of amides is 1. The number of halogens is 3. The molecule has 0 aromatic rings. The molecule has 0 spiro atoms. The van der Waals surface area contributed by atoms with Gasteiger partial charge in [-0.25, -0.2) is 0 Å². The molecule has 3 nitrogen and oxygen atoms in total. The highest BCUT2D eigenvalue weighted by Gasteiger charge is 2.35. The molecule has 1 atom stereocenters. The normalized spacial score (nSPS) is 14.0. The maximum absolute atomic E-state index is 12.2. The highest BCUT2D eigenvalue weighted by atomic mass is 19.4. The largest absolute Gasteiger partial charge is 0.406 e. The van der Waals surface area contributed by atoms with E-state index in [4.69, 9.17) is 5.73 Å². The zero-order valence-electron chi connectivity index (χ0n) is 9.84. The van der Waals surface area contributed by atoms with Gasteiger partial charge in [0.1, 0.15) is 6.54 Å². The Morgan fingerprint density at radius 1 is 1.38 bits per heavy atom. The Morgan fingerprint density at radius 3 is 2.19 bits per heavy atom. The maximum Gasteiger partial charge on any atom is 0.406 e. The van der Waals surface area contributed by atoms with E-state index in [-0.39, 0.29) is 0 Å². The Kier molecular flexibility index (Phi) is 5.78. The molecule has 0 saturated carbocycles. The van der Waals surface area contributed by atoms with Gasteiger partial charge in [-0.2, -0.15) is 13.2 Å². The SMILES string of the molecule is CCC[C@H](N)C(=O)N(CC(F)(F)F)C(C)C. The molecule has 0 aliphatic heterocycles. The van der Waals surface area contributed by atoms with Crippen LogP contribution in [0, 0.1) is 0 Å². The molecule has 0 aliphatic carbocycles. The van der Waals surface area contributed by atoms with Crippen molar-refractivity contribution < 1.29 is 18.0 Å². The smallest absolute Gasteiger partial charge is 0.330 e. The first kappa shape index (κ1) is 15.2. The van der Waals surface area contributed by atoms with Crippen LogP contribution in [0.4, 0.5) is 13.2 Å². The molecule has 2 N–H and O–H groups in total. The van der Waals surface area contributed by atoms with Crippen LogP contribution in [-0.4, -0.2) is 35.6 Å². The van der Waals surface area contributed by atoms with Crippen LogP contribution in [0.1, 0.15) is 33.6 Å². The van der Waals surface area contributed by atoms with Gasteiger partial charge in [0.05, 0.1) is 6.04 Å². The van der Waals surface area contributed by atoms with E-state index < -0.39 is 30.7 Å². The third-order valence-electron chi connectivity index (χ3n) is 2.17. The van der Waals surface area contributed by atoms with Crippen molar-refractivity contribution in [2.45, 2.75) is 51.9 Å². The van der Waals surface area contributed by atoms with E-state index in [1.165, 1.54) is 0 Å². The maximum atomic E-state index is 12.2. The van der Waals surface area contributed by atoms with E-state index in [0.717, 1.165) is 4.90 Å². The van der Waals surface area contributed by atoms with Gasteiger partial charge in [-0.05, 0) is 20.3 Å². The average molecular weight is 240 g/mol. The summed E-state index contributed by atoms with van der Waals surface area (Å²) in [5.41, 5.74) is 5.53. The first-order valence-corrected chi connectivity index (χ1v) is 5.31. The van der Waals surface area contributed by atoms with Crippen LogP contribution in [0.25, 0.3) is 0 Å². The summed E-state index contributed by atoms with van der Waals surface area (Å²) < 4.78 is 36.7. The Morgan fingerprint density at radius 2 is 1.88 bits per heavy atom. The highest BCUT2D eigenvalue weighted by Crippen LogP contribution is 2.19. The van der Waals surface area contributed by atoms with E-state index in [2.05, 4.69) is 0 Å². The van der Waals surface area contributed by atoms with Crippen LogP contribution >= 0.6 is 0 Å². The average Bonchev–Trinajstić information content (AvgIpc) is 2.11. The number of carbonyl (C=O) groups is 1. The highest BCUT2D eigenvalue weighted by molar-refractivity contribution is 5.81. The first-order chi connectivity index (χ1) is 7.19. The lowest BCUT2D eigenvalue weighted by Gasteiger charge is -2.30. The molecule has 0 rings (SSSR count). The van der Waals surface area contributed by atoms with Gasteiger partial charge in [-0.15, -0.1) is 0 Å². The molecule has 0 aromatic carbocycles. The quantitative estimate of drug-likeness (QED) is 0.798. The van der Waals surface area contributed by atoms with Gasteiger partial charge in [-0.1, -0.05) is 13.3 Å². The summed E-state index contributed by atoms with van der Waals surface area (Å²) in [5, 5.41) is 0. The number of carbonyl (C=O) groups excluding carboxylic acids is 1. The summed E-state index contributed by atoms with van der Waals surface area (Å²) in [6, 6.07) is -1.34. The standard InChI is InChI=1S/C10H19F3N2O/c1-4-5-8(14)9(16)15(7(2)3)6-10(11,12)13/h7-8H,4-6,14H2,1-3H3/t8-/m0/s1. The van der Waals surface area contributed by atoms with Crippen molar-refractivity contribution in [3.8, 4) is 0 Å². The topological polar surface area (TPSA) is 46.3 Å². The van der Waals surface area contributed by atoms with E-state index in [9.17, 15) is 18.0 Å². The minimum atomic E-state index is -4.38. The summed E-state index contributed by atoms with van der Waals surface area (Å²) in [6.07, 6.45) is -3.31. The predicted molar refractivity (Wildman–Crippen MR) is 55.8 cm³/mol. The van der Waals surface area contributed by atoms with Crippen molar-refractivity contribution in [2.24, 2.45) is 5.73 Å². The van der Waals surface area contributed by atoms with Gasteiger partial charge in [0.2, 0.25) is 5.91 Å². The first-order valence-electron chi connectivity index (χ1n) is 5.31. The lowest BCUT2D eigenvalue weighted by Crippen LogP contribution is -2.50. The number of nitrogens with zero attached hydrogens (tertiary/aromatic N) is 1. The molecule has 1 amide bonds. The van der Waals surface area contributed by atoms with E-state index in [1.54, 1.807) is 13.8 Å². The lowest BCUT2D eigenvalue weighted by molar-refractivity contribution is -0.165. The second kappa shape index (κ2) is 6.08. The zero-order valence-corrected chi connectivity index (χ0v) is 9.84. The van der Waals surface area contributed by atoms with E-state index >= 15 is 0 Å². The molecule has 0 radical (unpaired) electrons. The molecule has 0 fully saturated rings. The molecule has 16 heavy (non-hydrogen) atoms. The third kappa shape index (κ3) is 5.34. The number of rotatable bonds is 5. The molecule has 0 bridgehead atoms. The van der Waals surface area contributed by atoms with Crippen molar-refractivity contribution >= 4 is 5.91 Å². The zero-order chi connectivity index (χ0) is 12.9. The summed E-state index contributed by atoms with van der Waals surface area (Å²) in [4.78, 5) is 12.4. The second-order valence-corrected chi connectivity index (χ2v) is 4.07. The molecular formula is C10H19F3N2O. The molecule has 0 unspecified atom stereocenters. The van der Waals surface area contributed by atoms with Crippen LogP contribution in [0.5, 0.6) is 0 Å². The van der Waals surface area contributed by atoms with Crippen LogP contribution in [0.15, 0.2) is 0 Å².